The zero-order valence-electron chi connectivity index (χ0n) is 13.4. The lowest BCUT2D eigenvalue weighted by Crippen LogP contribution is -2.42. The van der Waals surface area contributed by atoms with Crippen LogP contribution in [0.2, 0.25) is 0 Å². The van der Waals surface area contributed by atoms with Gasteiger partial charge in [0, 0.05) is 32.6 Å². The van der Waals surface area contributed by atoms with Crippen molar-refractivity contribution in [3.63, 3.8) is 0 Å². The maximum absolute atomic E-state index is 12.5. The minimum absolute atomic E-state index is 0.00926. The predicted molar refractivity (Wildman–Crippen MR) is 83.5 cm³/mol. The third kappa shape index (κ3) is 2.64. The van der Waals surface area contributed by atoms with Gasteiger partial charge in [0.2, 0.25) is 11.8 Å². The highest BCUT2D eigenvalue weighted by Crippen LogP contribution is 2.44. The zero-order valence-corrected chi connectivity index (χ0v) is 13.4. The first-order valence-corrected chi connectivity index (χ1v) is 8.39. The van der Waals surface area contributed by atoms with E-state index in [1.54, 1.807) is 15.9 Å². The van der Waals surface area contributed by atoms with Crippen LogP contribution in [-0.4, -0.2) is 58.9 Å². The van der Waals surface area contributed by atoms with Gasteiger partial charge in [0.05, 0.1) is 5.92 Å². The SMILES string of the molecule is C=CCN1C[C@]2(C(=O)O)CN(C(=O)CC3CCCC3)C[C@@H]2C1=O. The predicted octanol–water partition coefficient (Wildman–Crippen LogP) is 1.12. The Hall–Kier alpha value is -1.85. The van der Waals surface area contributed by atoms with Crippen LogP contribution in [0.1, 0.15) is 32.1 Å². The van der Waals surface area contributed by atoms with Crippen LogP contribution in [0.4, 0.5) is 0 Å². The van der Waals surface area contributed by atoms with Crippen molar-refractivity contribution in [1.82, 2.24) is 9.80 Å². The van der Waals surface area contributed by atoms with E-state index >= 15 is 0 Å². The molecule has 2 heterocycles. The van der Waals surface area contributed by atoms with Crippen molar-refractivity contribution < 1.29 is 19.5 Å². The van der Waals surface area contributed by atoms with E-state index in [4.69, 9.17) is 0 Å². The van der Waals surface area contributed by atoms with Gasteiger partial charge in [0.15, 0.2) is 0 Å². The second-order valence-electron chi connectivity index (χ2n) is 7.15. The maximum atomic E-state index is 12.5. The van der Waals surface area contributed by atoms with Crippen LogP contribution < -0.4 is 0 Å². The lowest BCUT2D eigenvalue weighted by atomic mass is 9.81. The van der Waals surface area contributed by atoms with E-state index in [1.165, 1.54) is 12.8 Å². The summed E-state index contributed by atoms with van der Waals surface area (Å²) in [5.74, 6) is -1.32. The van der Waals surface area contributed by atoms with Gasteiger partial charge in [-0.1, -0.05) is 18.9 Å². The van der Waals surface area contributed by atoms with E-state index in [0.29, 0.717) is 18.9 Å². The topological polar surface area (TPSA) is 77.9 Å². The van der Waals surface area contributed by atoms with Crippen molar-refractivity contribution in [2.45, 2.75) is 32.1 Å². The molecule has 0 aromatic carbocycles. The molecule has 2 aliphatic heterocycles. The number of amides is 2. The van der Waals surface area contributed by atoms with Crippen LogP contribution in [-0.2, 0) is 14.4 Å². The maximum Gasteiger partial charge on any atom is 0.314 e. The van der Waals surface area contributed by atoms with E-state index in [-0.39, 0.29) is 31.4 Å². The molecule has 3 rings (SSSR count). The highest BCUT2D eigenvalue weighted by molar-refractivity contribution is 5.94. The Morgan fingerprint density at radius 1 is 1.30 bits per heavy atom. The Balaban J connectivity index is 1.72. The van der Waals surface area contributed by atoms with Crippen molar-refractivity contribution in [3.05, 3.63) is 12.7 Å². The smallest absolute Gasteiger partial charge is 0.314 e. The Morgan fingerprint density at radius 3 is 2.57 bits per heavy atom. The summed E-state index contributed by atoms with van der Waals surface area (Å²) in [5, 5.41) is 9.72. The van der Waals surface area contributed by atoms with Crippen molar-refractivity contribution in [1.29, 1.82) is 0 Å². The Labute approximate surface area is 136 Å². The number of carbonyl (C=O) groups is 3. The van der Waals surface area contributed by atoms with Gasteiger partial charge in [-0.25, -0.2) is 0 Å². The summed E-state index contributed by atoms with van der Waals surface area (Å²) < 4.78 is 0. The van der Waals surface area contributed by atoms with E-state index < -0.39 is 17.3 Å². The summed E-state index contributed by atoms with van der Waals surface area (Å²) in [6, 6.07) is 0. The molecular weight excluding hydrogens is 296 g/mol. The lowest BCUT2D eigenvalue weighted by molar-refractivity contribution is -0.150. The Kier molecular flexibility index (Phi) is 4.17. The summed E-state index contributed by atoms with van der Waals surface area (Å²) in [4.78, 5) is 40.0. The average Bonchev–Trinajstić information content (AvgIpc) is 3.18. The molecule has 3 fully saturated rings. The third-order valence-electron chi connectivity index (χ3n) is 5.69. The van der Waals surface area contributed by atoms with E-state index in [9.17, 15) is 19.5 Å². The number of carboxylic acids is 1. The second-order valence-corrected chi connectivity index (χ2v) is 7.15. The van der Waals surface area contributed by atoms with Crippen molar-refractivity contribution in [2.75, 3.05) is 26.2 Å². The van der Waals surface area contributed by atoms with Gasteiger partial charge in [0.1, 0.15) is 5.41 Å². The van der Waals surface area contributed by atoms with E-state index in [1.807, 2.05) is 0 Å². The molecule has 0 spiro atoms. The second kappa shape index (κ2) is 5.98. The van der Waals surface area contributed by atoms with E-state index in [0.717, 1.165) is 12.8 Å². The summed E-state index contributed by atoms with van der Waals surface area (Å²) >= 11 is 0. The number of rotatable bonds is 5. The van der Waals surface area contributed by atoms with Crippen LogP contribution >= 0.6 is 0 Å². The zero-order chi connectivity index (χ0) is 16.6. The molecular formula is C17H24N2O4. The molecule has 23 heavy (non-hydrogen) atoms. The first-order valence-electron chi connectivity index (χ1n) is 8.39. The highest BCUT2D eigenvalue weighted by Gasteiger charge is 2.62. The van der Waals surface area contributed by atoms with Gasteiger partial charge < -0.3 is 14.9 Å². The van der Waals surface area contributed by atoms with Gasteiger partial charge in [-0.15, -0.1) is 6.58 Å². The van der Waals surface area contributed by atoms with Gasteiger partial charge >= 0.3 is 5.97 Å². The highest BCUT2D eigenvalue weighted by atomic mass is 16.4. The molecule has 6 heteroatoms. The number of hydrogen-bond acceptors (Lipinski definition) is 3. The Bertz CT molecular complexity index is 541. The van der Waals surface area contributed by atoms with Crippen molar-refractivity contribution in [2.24, 2.45) is 17.3 Å². The largest absolute Gasteiger partial charge is 0.481 e. The minimum atomic E-state index is -1.15. The number of carbonyl (C=O) groups excluding carboxylic acids is 2. The Morgan fingerprint density at radius 2 is 2.00 bits per heavy atom. The lowest BCUT2D eigenvalue weighted by Gasteiger charge is -2.25. The van der Waals surface area contributed by atoms with Crippen LogP contribution in [0.3, 0.4) is 0 Å². The van der Waals surface area contributed by atoms with Crippen LogP contribution in [0.25, 0.3) is 0 Å². The normalized spacial score (nSPS) is 30.8. The first-order chi connectivity index (χ1) is 11.0. The fraction of sp³-hybridized carbons (Fsp3) is 0.706. The van der Waals surface area contributed by atoms with Crippen LogP contribution in [0, 0.1) is 17.3 Å². The molecule has 1 saturated carbocycles. The van der Waals surface area contributed by atoms with Gasteiger partial charge in [0.25, 0.3) is 0 Å². The number of aliphatic carboxylic acids is 1. The number of hydrogen-bond donors (Lipinski definition) is 1. The molecule has 2 amide bonds. The monoisotopic (exact) mass is 320 g/mol. The van der Waals surface area contributed by atoms with Gasteiger partial charge in [-0.05, 0) is 18.8 Å². The van der Waals surface area contributed by atoms with Crippen LogP contribution in [0.5, 0.6) is 0 Å². The summed E-state index contributed by atoms with van der Waals surface area (Å²) in [6.45, 7) is 4.54. The summed E-state index contributed by atoms with van der Waals surface area (Å²) in [6.07, 6.45) is 6.62. The summed E-state index contributed by atoms with van der Waals surface area (Å²) in [5.41, 5.74) is -1.15. The van der Waals surface area contributed by atoms with Gasteiger partial charge in [-0.2, -0.15) is 0 Å². The first kappa shape index (κ1) is 16.0. The number of fused-ring (bicyclic) bond motifs is 1. The van der Waals surface area contributed by atoms with Crippen LogP contribution in [0.15, 0.2) is 12.7 Å². The van der Waals surface area contributed by atoms with E-state index in [2.05, 4.69) is 6.58 Å². The standard InChI is InChI=1S/C17H24N2O4/c1-2-7-18-10-17(16(22)23)11-19(9-13(17)15(18)21)14(20)8-12-5-3-4-6-12/h2,12-13H,1,3-11H2,(H,22,23)/t13-,17+/m1/s1. The molecule has 2 saturated heterocycles. The van der Waals surface area contributed by atoms with Crippen molar-refractivity contribution >= 4 is 17.8 Å². The van der Waals surface area contributed by atoms with Crippen molar-refractivity contribution in [3.8, 4) is 0 Å². The number of nitrogens with zero attached hydrogens (tertiary/aromatic N) is 2. The fourth-order valence-electron chi connectivity index (χ4n) is 4.40. The molecule has 0 radical (unpaired) electrons. The third-order valence-corrected chi connectivity index (χ3v) is 5.69. The quantitative estimate of drug-likeness (QED) is 0.770. The molecule has 0 bridgehead atoms. The molecule has 126 valence electrons. The molecule has 6 nitrogen and oxygen atoms in total. The number of carboxylic acid groups (broad SMARTS) is 1. The molecule has 0 unspecified atom stereocenters. The molecule has 3 aliphatic rings. The molecule has 2 atom stereocenters. The number of likely N-dealkylation sites (tertiary alicyclic amines) is 2. The average molecular weight is 320 g/mol. The molecule has 0 aromatic rings. The molecule has 1 N–H and O–H groups in total. The van der Waals surface area contributed by atoms with Gasteiger partial charge in [-0.3, -0.25) is 14.4 Å². The fourth-order valence-corrected chi connectivity index (χ4v) is 4.40. The minimum Gasteiger partial charge on any atom is -0.481 e. The molecule has 0 aromatic heterocycles. The summed E-state index contributed by atoms with van der Waals surface area (Å²) in [7, 11) is 0. The molecule has 1 aliphatic carbocycles.